The topological polar surface area (TPSA) is 269 Å². The molecule has 71 heavy (non-hydrogen) atoms. The number of thiazole rings is 1. The van der Waals surface area contributed by atoms with Gasteiger partial charge in [0.15, 0.2) is 0 Å². The average Bonchev–Trinajstić information content (AvgIpc) is 4.07. The monoisotopic (exact) mass is 1020 g/mol. The fraction of sp³-hybridized carbons (Fsp3) is 0.560. The molecule has 21 heteroatoms. The largest absolute Gasteiger partial charge is 0.490 e. The number of β-amino-alcohol motifs (C(OH)–C–C–N with tert-alkyl or cyclic N) is 1. The highest BCUT2D eigenvalue weighted by atomic mass is 35.5. The number of likely N-dealkylation sites (tertiary alicyclic amines) is 1. The van der Waals surface area contributed by atoms with E-state index >= 15 is 0 Å². The number of rotatable bonds is 18. The van der Waals surface area contributed by atoms with Crippen molar-refractivity contribution in [2.45, 2.75) is 141 Å². The number of methoxy groups -OCH3 is 1. The highest BCUT2D eigenvalue weighted by Crippen LogP contribution is 2.33. The van der Waals surface area contributed by atoms with Crippen LogP contribution in [0.4, 0.5) is 4.79 Å². The van der Waals surface area contributed by atoms with Gasteiger partial charge in [0.05, 0.1) is 46.4 Å². The van der Waals surface area contributed by atoms with Crippen molar-refractivity contribution in [2.24, 2.45) is 16.9 Å². The summed E-state index contributed by atoms with van der Waals surface area (Å²) >= 11 is 8.40. The number of nitrogens with one attached hydrogen (secondary N) is 3. The Balaban J connectivity index is 1.02. The Hall–Kier alpha value is -5.83. The van der Waals surface area contributed by atoms with E-state index in [1.165, 1.54) is 21.8 Å². The van der Waals surface area contributed by atoms with Crippen LogP contribution in [0.15, 0.2) is 48.0 Å². The van der Waals surface area contributed by atoms with Gasteiger partial charge in [0.2, 0.25) is 35.4 Å². The molecule has 3 saturated heterocycles. The Labute approximate surface area is 423 Å². The van der Waals surface area contributed by atoms with Gasteiger partial charge in [0.1, 0.15) is 36.5 Å². The smallest absolute Gasteiger partial charge is 0.409 e. The van der Waals surface area contributed by atoms with Gasteiger partial charge in [-0.2, -0.15) is 0 Å². The van der Waals surface area contributed by atoms with Gasteiger partial charge in [-0.1, -0.05) is 68.8 Å². The normalized spacial score (nSPS) is 21.6. The lowest BCUT2D eigenvalue weighted by molar-refractivity contribution is -0.144. The molecule has 0 aliphatic carbocycles. The first-order valence-corrected chi connectivity index (χ1v) is 25.4. The van der Waals surface area contributed by atoms with Crippen LogP contribution in [-0.2, 0) is 39.9 Å². The number of carbonyl (C=O) groups excluding carboxylic acids is 7. The number of ether oxygens (including phenoxy) is 2. The van der Waals surface area contributed by atoms with Crippen molar-refractivity contribution >= 4 is 64.5 Å². The Bertz CT molecular complexity index is 2410. The molecule has 19 nitrogen and oxygen atoms in total. The van der Waals surface area contributed by atoms with Crippen LogP contribution in [0, 0.1) is 12.3 Å². The van der Waals surface area contributed by atoms with E-state index in [1.54, 1.807) is 35.0 Å². The van der Waals surface area contributed by atoms with Crippen LogP contribution in [0.3, 0.4) is 0 Å². The van der Waals surface area contributed by atoms with E-state index in [-0.39, 0.29) is 63.4 Å². The van der Waals surface area contributed by atoms with Crippen LogP contribution in [0.5, 0.6) is 5.75 Å². The van der Waals surface area contributed by atoms with Crippen LogP contribution in [-0.4, -0.2) is 142 Å². The third-order valence-corrected chi connectivity index (χ3v) is 14.8. The number of fused-ring (bicyclic) bond motifs is 1. The zero-order chi connectivity index (χ0) is 51.7. The molecule has 8 N–H and O–H groups in total. The lowest BCUT2D eigenvalue weighted by Gasteiger charge is -2.37. The van der Waals surface area contributed by atoms with Crippen molar-refractivity contribution in [1.82, 2.24) is 35.6 Å². The average molecular weight is 1020 g/mol. The van der Waals surface area contributed by atoms with E-state index in [9.17, 15) is 38.7 Å². The fourth-order valence-electron chi connectivity index (χ4n) is 9.51. The number of amides is 7. The van der Waals surface area contributed by atoms with Crippen LogP contribution >= 0.6 is 22.9 Å². The van der Waals surface area contributed by atoms with Crippen molar-refractivity contribution in [2.75, 3.05) is 33.4 Å². The Morgan fingerprint density at radius 3 is 2.35 bits per heavy atom. The maximum absolute atomic E-state index is 14.3. The number of hydrogen-bond acceptors (Lipinski definition) is 13. The van der Waals surface area contributed by atoms with Gasteiger partial charge in [0.25, 0.3) is 0 Å². The number of aliphatic hydroxyl groups excluding tert-OH is 1. The summed E-state index contributed by atoms with van der Waals surface area (Å²) in [6.07, 6.45) is 0.799. The second-order valence-electron chi connectivity index (χ2n) is 19.8. The first kappa shape index (κ1) is 54.5. The predicted octanol–water partition coefficient (Wildman–Crippen LogP) is 3.75. The molecule has 3 aliphatic rings. The summed E-state index contributed by atoms with van der Waals surface area (Å²) < 4.78 is 11.0. The van der Waals surface area contributed by atoms with Crippen molar-refractivity contribution in [1.29, 1.82) is 0 Å². The number of aryl methyl sites for hydroxylation is 2. The first-order chi connectivity index (χ1) is 33.7. The van der Waals surface area contributed by atoms with Crippen LogP contribution in [0.1, 0.15) is 102 Å². The van der Waals surface area contributed by atoms with Crippen molar-refractivity contribution < 1.29 is 48.1 Å². The molecule has 0 spiro atoms. The van der Waals surface area contributed by atoms with Gasteiger partial charge in [-0.3, -0.25) is 28.8 Å². The summed E-state index contributed by atoms with van der Waals surface area (Å²) in [7, 11) is 1.26. The van der Waals surface area contributed by atoms with Gasteiger partial charge >= 0.3 is 6.09 Å². The third-order valence-electron chi connectivity index (χ3n) is 13.4. The Kier molecular flexibility index (Phi) is 18.5. The molecule has 0 radical (unpaired) electrons. The minimum absolute atomic E-state index is 0.0455. The standard InChI is InChI=1S/C50H68ClN9O10S/c1-28(30-13-15-32(16-14-30)43-29(2)54-27-71-43)55-46(65)38-23-35(61)24-59(38)48(67)44(50(3,4)5)57-41(63)12-8-10-31-9-7-11-39(42(31)51)70-26-33(17-20-40(53)62)56-45(64)37-19-18-34-21-22-58(49(68)69-6)25-36(52)47(66)60(34)37/h7,9,11,13-16,27-28,33-38,44,61H,8,10,12,17-26,52H2,1-6H3,(H2,53,62)(H,55,65)(H,56,64)(H,57,63)/t28-,33-,34+,35+,36-,37-,38-,44+/m0/s1. The summed E-state index contributed by atoms with van der Waals surface area (Å²) in [5.41, 5.74) is 16.3. The molecule has 0 saturated carbocycles. The van der Waals surface area contributed by atoms with Crippen LogP contribution in [0.2, 0.25) is 5.02 Å². The molecule has 3 aliphatic heterocycles. The summed E-state index contributed by atoms with van der Waals surface area (Å²) in [5.74, 6) is -2.37. The number of nitrogens with zero attached hydrogens (tertiary/aromatic N) is 4. The molecule has 8 atom stereocenters. The van der Waals surface area contributed by atoms with E-state index in [0.717, 1.165) is 21.7 Å². The molecular formula is C50H68ClN9O10S. The molecule has 6 rings (SSSR count). The zero-order valence-electron chi connectivity index (χ0n) is 41.3. The molecule has 7 amide bonds. The quantitative estimate of drug-likeness (QED) is 0.106. The van der Waals surface area contributed by atoms with E-state index in [0.29, 0.717) is 55.0 Å². The fourth-order valence-corrected chi connectivity index (χ4v) is 10.6. The molecular weight excluding hydrogens is 954 g/mol. The molecule has 4 heterocycles. The van der Waals surface area contributed by atoms with Gasteiger partial charge in [-0.15, -0.1) is 11.3 Å². The van der Waals surface area contributed by atoms with Gasteiger partial charge in [-0.05, 0) is 80.5 Å². The van der Waals surface area contributed by atoms with Crippen molar-refractivity contribution in [3.05, 3.63) is 69.8 Å². The lowest BCUT2D eigenvalue weighted by Crippen LogP contribution is -2.60. The maximum atomic E-state index is 14.3. The van der Waals surface area contributed by atoms with E-state index in [4.69, 9.17) is 32.5 Å². The summed E-state index contributed by atoms with van der Waals surface area (Å²) in [6.45, 7) is 9.42. The minimum Gasteiger partial charge on any atom is -0.490 e. The number of aromatic nitrogens is 1. The maximum Gasteiger partial charge on any atom is 0.409 e. The van der Waals surface area contributed by atoms with Gasteiger partial charge in [0, 0.05) is 44.9 Å². The first-order valence-electron chi connectivity index (χ1n) is 24.1. The number of halogens is 1. The summed E-state index contributed by atoms with van der Waals surface area (Å²) in [5, 5.41) is 19.9. The molecule has 0 bridgehead atoms. The second-order valence-corrected chi connectivity index (χ2v) is 21.0. The summed E-state index contributed by atoms with van der Waals surface area (Å²) in [4.78, 5) is 103. The molecule has 3 aromatic rings. The van der Waals surface area contributed by atoms with Crippen molar-refractivity contribution in [3.8, 4) is 16.2 Å². The predicted molar refractivity (Wildman–Crippen MR) is 267 cm³/mol. The second kappa shape index (κ2) is 24.1. The lowest BCUT2D eigenvalue weighted by atomic mass is 9.85. The number of primary amides is 1. The van der Waals surface area contributed by atoms with E-state index in [2.05, 4.69) is 20.9 Å². The van der Waals surface area contributed by atoms with E-state index in [1.807, 2.05) is 58.9 Å². The molecule has 386 valence electrons. The Morgan fingerprint density at radius 1 is 0.972 bits per heavy atom. The summed E-state index contributed by atoms with van der Waals surface area (Å²) in [6, 6.07) is 7.88. The van der Waals surface area contributed by atoms with E-state index < -0.39 is 77.4 Å². The highest BCUT2D eigenvalue weighted by molar-refractivity contribution is 7.13. The number of nitrogens with two attached hydrogens (primary N) is 2. The number of hydrogen-bond donors (Lipinski definition) is 6. The SMILES string of the molecule is COC(=O)N1CC[C@H]2CC[C@@H](C(=O)N[C@@H](CCC(N)=O)COc3cccc(CCCC(=O)N[C@H](C(=O)N4C[C@H](O)C[C@H]4C(=O)N[C@@H](C)c4ccc(-c5scnc5C)cc4)C(C)(C)C)c3Cl)N2C(=O)[C@@H](N)C1. The number of benzene rings is 2. The highest BCUT2D eigenvalue weighted by Gasteiger charge is 2.46. The molecule has 0 unspecified atom stereocenters. The minimum atomic E-state index is -1.05. The van der Waals surface area contributed by atoms with Crippen LogP contribution < -0.4 is 32.2 Å². The van der Waals surface area contributed by atoms with Crippen LogP contribution in [0.25, 0.3) is 10.4 Å². The number of carbonyl (C=O) groups is 7. The molecule has 3 fully saturated rings. The van der Waals surface area contributed by atoms with Gasteiger partial charge < -0.3 is 56.7 Å². The molecule has 2 aromatic carbocycles. The van der Waals surface area contributed by atoms with Crippen molar-refractivity contribution in [3.63, 3.8) is 0 Å². The molecule has 1 aromatic heterocycles. The third kappa shape index (κ3) is 13.8. The zero-order valence-corrected chi connectivity index (χ0v) is 42.9. The number of aliphatic hydroxyl groups is 1. The Morgan fingerprint density at radius 2 is 1.69 bits per heavy atom. The van der Waals surface area contributed by atoms with Gasteiger partial charge in [-0.25, -0.2) is 9.78 Å².